The van der Waals surface area contributed by atoms with Crippen LogP contribution < -0.4 is 63.8 Å². The molecule has 15 heavy (non-hydrogen) atoms. The minimum atomic E-state index is 0. The average Bonchev–Trinajstić information content (AvgIpc) is 2.60. The Morgan fingerprint density at radius 3 is 1.53 bits per heavy atom. The first-order chi connectivity index (χ1) is 5.45. The molecular weight excluding hydrogens is 350 g/mol. The number of halogens is 2. The van der Waals surface area contributed by atoms with Crippen LogP contribution in [0.1, 0.15) is 0 Å². The summed E-state index contributed by atoms with van der Waals surface area (Å²) in [5.41, 5.74) is 1.81. The molecule has 0 aromatic carbocycles. The van der Waals surface area contributed by atoms with E-state index in [-0.39, 0.29) is 75.9 Å². The van der Waals surface area contributed by atoms with Gasteiger partial charge in [-0.15, -0.1) is 0 Å². The van der Waals surface area contributed by atoms with Crippen molar-refractivity contribution in [1.29, 1.82) is 0 Å². The Morgan fingerprint density at radius 2 is 1.27 bits per heavy atom. The van der Waals surface area contributed by atoms with Crippen molar-refractivity contribution < 1.29 is 61.7 Å². The molecule has 0 radical (unpaired) electrons. The van der Waals surface area contributed by atoms with E-state index in [0.29, 0.717) is 0 Å². The Hall–Kier alpha value is 1.31. The quantitative estimate of drug-likeness (QED) is 0.395. The average molecular weight is 356 g/mol. The number of furan rings is 2. The van der Waals surface area contributed by atoms with Crippen molar-refractivity contribution in [3.05, 3.63) is 36.8 Å². The summed E-state index contributed by atoms with van der Waals surface area (Å²) in [6.45, 7) is 0. The summed E-state index contributed by atoms with van der Waals surface area (Å²) in [5.74, 6) is 0. The Balaban J connectivity index is -0.000000360. The van der Waals surface area contributed by atoms with E-state index < -0.39 is 0 Å². The van der Waals surface area contributed by atoms with Crippen molar-refractivity contribution in [3.63, 3.8) is 0 Å². The smallest absolute Gasteiger partial charge is 1.00 e. The maximum Gasteiger partial charge on any atom is 2.00 e. The molecule has 2 nitrogen and oxygen atoms in total. The molecule has 72 valence electrons. The summed E-state index contributed by atoms with van der Waals surface area (Å²) in [7, 11) is 0.980. The summed E-state index contributed by atoms with van der Waals surface area (Å²) in [6, 6.07) is 7.57. The predicted molar refractivity (Wildman–Crippen MR) is 49.4 cm³/mol. The van der Waals surface area contributed by atoms with Gasteiger partial charge in [0.2, 0.25) is 0 Å². The molecule has 0 spiro atoms. The van der Waals surface area contributed by atoms with Gasteiger partial charge in [-0.2, -0.15) is 0 Å². The standard InChI is InChI=1S/C8H6O2P.2BrH.Li.Mg/c1-3-7(9-5-1)11-8-4-2-6-10-8;;;;/h1-6H;2*1H;;/q-1;;;+1;+2/p-2. The van der Waals surface area contributed by atoms with Crippen molar-refractivity contribution in [3.8, 4) is 0 Å². The van der Waals surface area contributed by atoms with Gasteiger partial charge in [0.05, 0.1) is 12.5 Å². The molecular formula is C8H6Br2LiMgO2P. The topological polar surface area (TPSA) is 26.3 Å². The van der Waals surface area contributed by atoms with E-state index >= 15 is 0 Å². The van der Waals surface area contributed by atoms with Crippen LogP contribution in [0.15, 0.2) is 45.6 Å². The van der Waals surface area contributed by atoms with Gasteiger partial charge >= 0.3 is 41.9 Å². The van der Waals surface area contributed by atoms with Crippen molar-refractivity contribution in [2.45, 2.75) is 0 Å². The van der Waals surface area contributed by atoms with Gasteiger partial charge in [0.25, 0.3) is 0 Å². The molecule has 2 heterocycles. The van der Waals surface area contributed by atoms with Gasteiger partial charge in [-0.1, -0.05) is 12.1 Å². The fourth-order valence-corrected chi connectivity index (χ4v) is 1.54. The monoisotopic (exact) mass is 354 g/mol. The fraction of sp³-hybridized carbons (Fsp3) is 0. The molecule has 0 fully saturated rings. The van der Waals surface area contributed by atoms with Crippen molar-refractivity contribution in [2.75, 3.05) is 0 Å². The molecule has 0 aliphatic rings. The molecule has 2 aromatic rings. The van der Waals surface area contributed by atoms with Gasteiger partial charge in [0.1, 0.15) is 0 Å². The second-order valence-electron chi connectivity index (χ2n) is 2.01. The summed E-state index contributed by atoms with van der Waals surface area (Å²) >= 11 is 0. The predicted octanol–water partition coefficient (Wildman–Crippen LogP) is -7.60. The second kappa shape index (κ2) is 11.8. The number of hydrogen-bond donors (Lipinski definition) is 0. The normalized spacial score (nSPS) is 7.47. The zero-order valence-corrected chi connectivity index (χ0v) is 13.7. The SMILES string of the molecule is [Br-].[Br-].[Li+].[Mg+2].c1coc([P-]c2ccco2)c1. The van der Waals surface area contributed by atoms with Crippen LogP contribution in [-0.4, -0.2) is 23.1 Å². The van der Waals surface area contributed by atoms with Gasteiger partial charge < -0.3 is 51.4 Å². The molecule has 0 amide bonds. The third kappa shape index (κ3) is 7.28. The van der Waals surface area contributed by atoms with Crippen molar-refractivity contribution in [1.82, 2.24) is 0 Å². The molecule has 0 bridgehead atoms. The second-order valence-corrected chi connectivity index (χ2v) is 3.12. The molecule has 0 saturated carbocycles. The largest absolute Gasteiger partial charge is 2.00 e. The van der Waals surface area contributed by atoms with Crippen molar-refractivity contribution in [2.24, 2.45) is 0 Å². The first-order valence-electron chi connectivity index (χ1n) is 3.24. The first-order valence-corrected chi connectivity index (χ1v) is 4.13. The summed E-state index contributed by atoms with van der Waals surface area (Å²) < 4.78 is 10.3. The maximum atomic E-state index is 5.13. The van der Waals surface area contributed by atoms with E-state index in [1.54, 1.807) is 12.5 Å². The summed E-state index contributed by atoms with van der Waals surface area (Å²) in [4.78, 5) is 0. The molecule has 2 rings (SSSR count). The van der Waals surface area contributed by atoms with Crippen LogP contribution in [0.3, 0.4) is 0 Å². The molecule has 7 heteroatoms. The van der Waals surface area contributed by atoms with Gasteiger partial charge in [0, 0.05) is 0 Å². The van der Waals surface area contributed by atoms with E-state index in [0.717, 1.165) is 19.6 Å². The third-order valence-electron chi connectivity index (χ3n) is 1.23. The zero-order chi connectivity index (χ0) is 7.52. The Morgan fingerprint density at radius 1 is 0.867 bits per heavy atom. The van der Waals surface area contributed by atoms with Crippen LogP contribution in [0.5, 0.6) is 0 Å². The summed E-state index contributed by atoms with van der Waals surface area (Å²) in [5, 5.41) is 0. The van der Waals surface area contributed by atoms with Crippen LogP contribution in [0.25, 0.3) is 0 Å². The number of rotatable bonds is 2. The van der Waals surface area contributed by atoms with E-state index in [9.17, 15) is 0 Å². The van der Waals surface area contributed by atoms with Gasteiger partial charge in [-0.05, 0) is 23.1 Å². The van der Waals surface area contributed by atoms with Gasteiger partial charge in [0.15, 0.2) is 0 Å². The maximum absolute atomic E-state index is 5.13. The fourth-order valence-electron chi connectivity index (χ4n) is 0.776. The Bertz CT molecular complexity index is 283. The van der Waals surface area contributed by atoms with Gasteiger partial charge in [-0.3, -0.25) is 0 Å². The van der Waals surface area contributed by atoms with E-state index in [1.807, 2.05) is 24.3 Å². The van der Waals surface area contributed by atoms with Crippen LogP contribution in [0, 0.1) is 0 Å². The van der Waals surface area contributed by atoms with Crippen LogP contribution in [-0.2, 0) is 0 Å². The summed E-state index contributed by atoms with van der Waals surface area (Å²) in [6.07, 6.45) is 3.32. The van der Waals surface area contributed by atoms with E-state index in [4.69, 9.17) is 8.83 Å². The minimum Gasteiger partial charge on any atom is -1.00 e. The minimum absolute atomic E-state index is 0. The first kappa shape index (κ1) is 21.6. The van der Waals surface area contributed by atoms with Crippen LogP contribution >= 0.6 is 8.58 Å². The molecule has 0 N–H and O–H groups in total. The van der Waals surface area contributed by atoms with Crippen LogP contribution in [0.4, 0.5) is 0 Å². The molecule has 2 aromatic heterocycles. The zero-order valence-electron chi connectivity index (χ0n) is 8.19. The van der Waals surface area contributed by atoms with E-state index in [2.05, 4.69) is 0 Å². The number of hydrogen-bond acceptors (Lipinski definition) is 2. The Kier molecular flexibility index (Phi) is 17.0. The molecule has 0 aliphatic heterocycles. The molecule has 0 saturated heterocycles. The molecule has 0 atom stereocenters. The van der Waals surface area contributed by atoms with Gasteiger partial charge in [-0.25, -0.2) is 0 Å². The molecule has 0 unspecified atom stereocenters. The molecule has 0 aliphatic carbocycles. The van der Waals surface area contributed by atoms with E-state index in [1.165, 1.54) is 0 Å². The Labute approximate surface area is 140 Å². The van der Waals surface area contributed by atoms with Crippen molar-refractivity contribution >= 4 is 42.6 Å². The van der Waals surface area contributed by atoms with Crippen LogP contribution in [0.2, 0.25) is 0 Å². The third-order valence-corrected chi connectivity index (χ3v) is 2.18.